The number of halogens is 3. The van der Waals surface area contributed by atoms with E-state index in [-0.39, 0.29) is 12.2 Å². The largest absolute Gasteiger partial charge is 0.480 e. The molecule has 1 heterocycles. The number of carboxylic acid groups (broad SMARTS) is 1. The zero-order chi connectivity index (χ0) is 12.5. The van der Waals surface area contributed by atoms with E-state index in [1.54, 1.807) is 6.92 Å². The van der Waals surface area contributed by atoms with Gasteiger partial charge in [0.1, 0.15) is 6.04 Å². The van der Waals surface area contributed by atoms with Gasteiger partial charge < -0.3 is 10.0 Å². The molecule has 0 saturated carbocycles. The highest BCUT2D eigenvalue weighted by Crippen LogP contribution is 2.34. The molecule has 0 aliphatic carbocycles. The Labute approximate surface area is 93.8 Å². The van der Waals surface area contributed by atoms with Crippen LogP contribution in [-0.2, 0) is 9.59 Å². The molecule has 1 saturated heterocycles. The molecule has 0 radical (unpaired) electrons. The van der Waals surface area contributed by atoms with Gasteiger partial charge >= 0.3 is 18.1 Å². The molecule has 1 rings (SSSR count). The summed E-state index contributed by atoms with van der Waals surface area (Å²) in [6.45, 7) is 1.61. The van der Waals surface area contributed by atoms with Crippen LogP contribution in [0.4, 0.5) is 13.2 Å². The minimum Gasteiger partial charge on any atom is -0.480 e. The number of hydrogen-bond acceptors (Lipinski definition) is 3. The molecule has 8 heteroatoms. The maximum absolute atomic E-state index is 12.3. The van der Waals surface area contributed by atoms with Gasteiger partial charge in [-0.15, -0.1) is 11.8 Å². The molecule has 1 aliphatic rings. The van der Waals surface area contributed by atoms with Gasteiger partial charge in [0.25, 0.3) is 0 Å². The lowest BCUT2D eigenvalue weighted by Gasteiger charge is -2.27. The normalized spacial score (nSPS) is 25.9. The summed E-state index contributed by atoms with van der Waals surface area (Å²) in [5.74, 6) is -3.48. The Morgan fingerprint density at radius 1 is 1.50 bits per heavy atom. The molecule has 1 aliphatic heterocycles. The van der Waals surface area contributed by atoms with Crippen molar-refractivity contribution in [1.82, 2.24) is 4.90 Å². The molecule has 0 aromatic carbocycles. The van der Waals surface area contributed by atoms with Crippen molar-refractivity contribution in [2.45, 2.75) is 30.9 Å². The van der Waals surface area contributed by atoms with E-state index in [9.17, 15) is 22.8 Å². The number of carbonyl (C=O) groups is 2. The van der Waals surface area contributed by atoms with E-state index in [2.05, 4.69) is 0 Å². The third kappa shape index (κ3) is 2.42. The Morgan fingerprint density at radius 3 is 2.44 bits per heavy atom. The highest BCUT2D eigenvalue weighted by atomic mass is 32.2. The summed E-state index contributed by atoms with van der Waals surface area (Å²) in [7, 11) is 0. The molecular formula is C8H10F3NO3S. The number of amides is 1. The number of hydrogen-bond donors (Lipinski definition) is 1. The van der Waals surface area contributed by atoms with Crippen molar-refractivity contribution in [1.29, 1.82) is 0 Å². The first-order valence-corrected chi connectivity index (χ1v) is 5.57. The zero-order valence-corrected chi connectivity index (χ0v) is 9.14. The Kier molecular flexibility index (Phi) is 3.72. The molecule has 0 aromatic rings. The topological polar surface area (TPSA) is 57.6 Å². The third-order valence-corrected chi connectivity index (χ3v) is 3.66. The van der Waals surface area contributed by atoms with E-state index in [0.29, 0.717) is 4.90 Å². The minimum atomic E-state index is -5.02. The van der Waals surface area contributed by atoms with Crippen LogP contribution in [0.1, 0.15) is 13.3 Å². The summed E-state index contributed by atoms with van der Waals surface area (Å²) in [6.07, 6.45) is -4.73. The molecule has 0 spiro atoms. The molecule has 2 atom stereocenters. The lowest BCUT2D eigenvalue weighted by atomic mass is 10.2. The smallest absolute Gasteiger partial charge is 0.471 e. The summed E-state index contributed by atoms with van der Waals surface area (Å²) in [5, 5.41) is 8.02. The number of thioether (sulfide) groups is 1. The first-order valence-electron chi connectivity index (χ1n) is 4.53. The van der Waals surface area contributed by atoms with Gasteiger partial charge in [-0.25, -0.2) is 4.79 Å². The van der Waals surface area contributed by atoms with Crippen molar-refractivity contribution >= 4 is 23.6 Å². The lowest BCUT2D eigenvalue weighted by Crippen LogP contribution is -2.50. The number of carbonyl (C=O) groups excluding carboxylic acids is 1. The van der Waals surface area contributed by atoms with Crippen LogP contribution >= 0.6 is 11.8 Å². The fourth-order valence-corrected chi connectivity index (χ4v) is 2.83. The first-order chi connectivity index (χ1) is 7.29. The van der Waals surface area contributed by atoms with E-state index >= 15 is 0 Å². The van der Waals surface area contributed by atoms with Crippen molar-refractivity contribution < 1.29 is 27.9 Å². The average molecular weight is 257 g/mol. The van der Waals surface area contributed by atoms with Crippen LogP contribution in [0.25, 0.3) is 0 Å². The van der Waals surface area contributed by atoms with Crippen LogP contribution in [0.2, 0.25) is 0 Å². The number of carboxylic acids is 1. The van der Waals surface area contributed by atoms with Gasteiger partial charge in [0.05, 0.1) is 5.37 Å². The fourth-order valence-electron chi connectivity index (χ4n) is 1.49. The predicted octanol–water partition coefficient (Wildman–Crippen LogP) is 1.31. The molecule has 2 unspecified atom stereocenters. The van der Waals surface area contributed by atoms with Crippen molar-refractivity contribution in [2.24, 2.45) is 0 Å². The Morgan fingerprint density at radius 2 is 2.06 bits per heavy atom. The molecule has 92 valence electrons. The standard InChI is InChI=1S/C8H10F3NO3S/c1-2-5-12(7(15)8(9,10)11)4(3-16-5)6(13)14/h4-5H,2-3H2,1H3,(H,13,14). The Bertz CT molecular complexity index is 307. The third-order valence-electron chi connectivity index (χ3n) is 2.20. The zero-order valence-electron chi connectivity index (χ0n) is 8.32. The van der Waals surface area contributed by atoms with Gasteiger partial charge in [-0.05, 0) is 6.42 Å². The predicted molar refractivity (Wildman–Crippen MR) is 50.9 cm³/mol. The summed E-state index contributed by atoms with van der Waals surface area (Å²) in [6, 6.07) is -1.39. The number of aliphatic carboxylic acids is 1. The van der Waals surface area contributed by atoms with Crippen LogP contribution in [0.15, 0.2) is 0 Å². The van der Waals surface area contributed by atoms with Crippen LogP contribution in [0, 0.1) is 0 Å². The molecule has 16 heavy (non-hydrogen) atoms. The quantitative estimate of drug-likeness (QED) is 0.810. The minimum absolute atomic E-state index is 0.00431. The molecule has 1 N–H and O–H groups in total. The Balaban J connectivity index is 2.95. The van der Waals surface area contributed by atoms with Crippen LogP contribution in [0.5, 0.6) is 0 Å². The maximum atomic E-state index is 12.3. The van der Waals surface area contributed by atoms with E-state index in [4.69, 9.17) is 5.11 Å². The van der Waals surface area contributed by atoms with Gasteiger partial charge in [-0.2, -0.15) is 13.2 Å². The summed E-state index contributed by atoms with van der Waals surface area (Å²) in [5.41, 5.74) is 0. The summed E-state index contributed by atoms with van der Waals surface area (Å²) >= 11 is 1.06. The molecule has 1 fully saturated rings. The van der Waals surface area contributed by atoms with Crippen LogP contribution in [-0.4, -0.2) is 45.2 Å². The lowest BCUT2D eigenvalue weighted by molar-refractivity contribution is -0.189. The second-order valence-corrected chi connectivity index (χ2v) is 4.47. The number of rotatable bonds is 2. The Hall–Kier alpha value is -0.920. The fraction of sp³-hybridized carbons (Fsp3) is 0.750. The molecule has 1 amide bonds. The molecule has 0 bridgehead atoms. The van der Waals surface area contributed by atoms with Gasteiger partial charge in [0.2, 0.25) is 0 Å². The second-order valence-electron chi connectivity index (χ2n) is 3.26. The van der Waals surface area contributed by atoms with Crippen molar-refractivity contribution in [3.8, 4) is 0 Å². The molecular weight excluding hydrogens is 247 g/mol. The maximum Gasteiger partial charge on any atom is 0.471 e. The monoisotopic (exact) mass is 257 g/mol. The van der Waals surface area contributed by atoms with Gasteiger partial charge in [-0.1, -0.05) is 6.92 Å². The van der Waals surface area contributed by atoms with Crippen molar-refractivity contribution in [3.05, 3.63) is 0 Å². The highest BCUT2D eigenvalue weighted by molar-refractivity contribution is 8.00. The van der Waals surface area contributed by atoms with Gasteiger partial charge in [-0.3, -0.25) is 4.79 Å². The van der Waals surface area contributed by atoms with E-state index in [1.807, 2.05) is 0 Å². The van der Waals surface area contributed by atoms with E-state index in [0.717, 1.165) is 11.8 Å². The van der Waals surface area contributed by atoms with Gasteiger partial charge in [0, 0.05) is 5.75 Å². The molecule has 0 aromatic heterocycles. The average Bonchev–Trinajstić information content (AvgIpc) is 2.57. The van der Waals surface area contributed by atoms with E-state index in [1.165, 1.54) is 0 Å². The van der Waals surface area contributed by atoms with Crippen LogP contribution < -0.4 is 0 Å². The second kappa shape index (κ2) is 4.52. The van der Waals surface area contributed by atoms with Crippen molar-refractivity contribution in [2.75, 3.05) is 5.75 Å². The number of alkyl halides is 3. The van der Waals surface area contributed by atoms with Crippen LogP contribution in [0.3, 0.4) is 0 Å². The van der Waals surface area contributed by atoms with E-state index < -0.39 is 29.5 Å². The summed E-state index contributed by atoms with van der Waals surface area (Å²) in [4.78, 5) is 22.2. The SMILES string of the molecule is CCC1SCC(C(=O)O)N1C(=O)C(F)(F)F. The molecule has 4 nitrogen and oxygen atoms in total. The number of nitrogens with zero attached hydrogens (tertiary/aromatic N) is 1. The first kappa shape index (κ1) is 13.1. The summed E-state index contributed by atoms with van der Waals surface area (Å²) < 4.78 is 36.8. The van der Waals surface area contributed by atoms with Gasteiger partial charge in [0.15, 0.2) is 0 Å². The highest BCUT2D eigenvalue weighted by Gasteiger charge is 2.51. The van der Waals surface area contributed by atoms with Crippen molar-refractivity contribution in [3.63, 3.8) is 0 Å².